The number of piperazine rings is 1. The lowest BCUT2D eigenvalue weighted by Gasteiger charge is -2.34. The zero-order valence-electron chi connectivity index (χ0n) is 21.7. The van der Waals surface area contributed by atoms with Gasteiger partial charge in [0.05, 0.1) is 16.7 Å². The molecule has 36 heavy (non-hydrogen) atoms. The van der Waals surface area contributed by atoms with E-state index in [0.29, 0.717) is 18.2 Å². The summed E-state index contributed by atoms with van der Waals surface area (Å²) in [4.78, 5) is 17.3. The molecule has 5 rings (SSSR count). The van der Waals surface area contributed by atoms with E-state index in [0.717, 1.165) is 78.3 Å². The fourth-order valence-electron chi connectivity index (χ4n) is 4.87. The second-order valence-corrected chi connectivity index (χ2v) is 10.2. The lowest BCUT2D eigenvalue weighted by atomic mass is 10.1. The molecule has 1 aliphatic heterocycles. The van der Waals surface area contributed by atoms with E-state index in [2.05, 4.69) is 70.7 Å². The molecule has 2 aromatic heterocycles. The van der Waals surface area contributed by atoms with Crippen LogP contribution in [0.1, 0.15) is 12.7 Å². The monoisotopic (exact) mass is 506 g/mol. The molecule has 0 unspecified atom stereocenters. The first-order valence-corrected chi connectivity index (χ1v) is 13.1. The van der Waals surface area contributed by atoms with Crippen molar-refractivity contribution in [1.82, 2.24) is 24.3 Å². The second-order valence-electron chi connectivity index (χ2n) is 9.78. The van der Waals surface area contributed by atoms with Crippen molar-refractivity contribution in [2.45, 2.75) is 20.1 Å². The number of hydrogen-bond donors (Lipinski definition) is 0. The maximum atomic E-state index is 6.42. The number of pyridine rings is 1. The smallest absolute Gasteiger partial charge is 0.136 e. The average Bonchev–Trinajstić information content (AvgIpc) is 3.24. The van der Waals surface area contributed by atoms with Crippen LogP contribution in [0.3, 0.4) is 0 Å². The van der Waals surface area contributed by atoms with Crippen molar-refractivity contribution in [3.8, 4) is 11.3 Å². The SMILES string of the molecule is CCOCc1nc2c(-c3cccc(N4CCN(C)CC4)c3)nc3cc(Cl)ccc3c2n1CCN(C)C. The summed E-state index contributed by atoms with van der Waals surface area (Å²) in [7, 11) is 6.37. The van der Waals surface area contributed by atoms with Gasteiger partial charge in [-0.3, -0.25) is 0 Å². The molecule has 0 atom stereocenters. The molecule has 1 fully saturated rings. The summed E-state index contributed by atoms with van der Waals surface area (Å²) in [5.74, 6) is 0.925. The zero-order chi connectivity index (χ0) is 25.2. The number of aromatic nitrogens is 3. The van der Waals surface area contributed by atoms with Crippen LogP contribution in [0.5, 0.6) is 0 Å². The van der Waals surface area contributed by atoms with Gasteiger partial charge in [-0.05, 0) is 58.4 Å². The molecular weight excluding hydrogens is 472 g/mol. The normalized spacial score (nSPS) is 15.0. The van der Waals surface area contributed by atoms with Crippen molar-refractivity contribution in [3.05, 3.63) is 53.3 Å². The highest BCUT2D eigenvalue weighted by atomic mass is 35.5. The summed E-state index contributed by atoms with van der Waals surface area (Å²) < 4.78 is 8.13. The Bertz CT molecular complexity index is 1360. The van der Waals surface area contributed by atoms with Crippen molar-refractivity contribution < 1.29 is 4.74 Å². The van der Waals surface area contributed by atoms with Crippen molar-refractivity contribution >= 4 is 39.2 Å². The van der Waals surface area contributed by atoms with Gasteiger partial charge < -0.3 is 24.0 Å². The van der Waals surface area contributed by atoms with Gasteiger partial charge in [0.1, 0.15) is 17.9 Å². The fraction of sp³-hybridized carbons (Fsp3) is 0.429. The van der Waals surface area contributed by atoms with Crippen LogP contribution in [0.15, 0.2) is 42.5 Å². The first-order valence-electron chi connectivity index (χ1n) is 12.7. The zero-order valence-corrected chi connectivity index (χ0v) is 22.4. The van der Waals surface area contributed by atoms with Gasteiger partial charge in [0.25, 0.3) is 0 Å². The number of halogens is 1. The van der Waals surface area contributed by atoms with Crippen molar-refractivity contribution in [3.63, 3.8) is 0 Å². The largest absolute Gasteiger partial charge is 0.374 e. The number of imidazole rings is 1. The van der Waals surface area contributed by atoms with Crippen LogP contribution in [0.25, 0.3) is 33.2 Å². The summed E-state index contributed by atoms with van der Waals surface area (Å²) in [5.41, 5.74) is 6.06. The van der Waals surface area contributed by atoms with Gasteiger partial charge in [0.2, 0.25) is 0 Å². The van der Waals surface area contributed by atoms with Gasteiger partial charge >= 0.3 is 0 Å². The van der Waals surface area contributed by atoms with Crippen LogP contribution in [-0.2, 0) is 17.9 Å². The lowest BCUT2D eigenvalue weighted by molar-refractivity contribution is 0.125. The summed E-state index contributed by atoms with van der Waals surface area (Å²) >= 11 is 6.42. The number of likely N-dealkylation sites (N-methyl/N-ethyl adjacent to an activating group) is 2. The Balaban J connectivity index is 1.70. The topological polar surface area (TPSA) is 49.7 Å². The molecule has 1 aliphatic rings. The molecule has 0 aliphatic carbocycles. The van der Waals surface area contributed by atoms with Crippen molar-refractivity contribution in [2.24, 2.45) is 0 Å². The summed E-state index contributed by atoms with van der Waals surface area (Å²) in [5, 5.41) is 1.74. The quantitative estimate of drug-likeness (QED) is 0.343. The lowest BCUT2D eigenvalue weighted by Crippen LogP contribution is -2.44. The minimum absolute atomic E-state index is 0.467. The molecular formula is C28H35ClN6O. The Morgan fingerprint density at radius 2 is 1.83 bits per heavy atom. The molecule has 3 heterocycles. The van der Waals surface area contributed by atoms with E-state index >= 15 is 0 Å². The van der Waals surface area contributed by atoms with E-state index in [1.807, 2.05) is 19.1 Å². The Hall–Kier alpha value is -2.71. The third kappa shape index (κ3) is 5.06. The number of fused-ring (bicyclic) bond motifs is 3. The molecule has 4 aromatic rings. The molecule has 7 nitrogen and oxygen atoms in total. The number of benzene rings is 2. The third-order valence-corrected chi connectivity index (χ3v) is 7.15. The van der Waals surface area contributed by atoms with Crippen LogP contribution in [0.2, 0.25) is 5.02 Å². The van der Waals surface area contributed by atoms with Gasteiger partial charge in [0.15, 0.2) is 0 Å². The van der Waals surface area contributed by atoms with E-state index in [1.54, 1.807) is 0 Å². The summed E-state index contributed by atoms with van der Waals surface area (Å²) in [6.45, 7) is 9.02. The van der Waals surface area contributed by atoms with Crippen LogP contribution in [-0.4, -0.2) is 84.8 Å². The second kappa shape index (κ2) is 10.7. The number of hydrogen-bond acceptors (Lipinski definition) is 6. The Morgan fingerprint density at radius 3 is 2.58 bits per heavy atom. The molecule has 0 bridgehead atoms. The van der Waals surface area contributed by atoms with E-state index in [4.69, 9.17) is 26.3 Å². The van der Waals surface area contributed by atoms with E-state index in [1.165, 1.54) is 5.69 Å². The number of nitrogens with zero attached hydrogens (tertiary/aromatic N) is 6. The number of anilines is 1. The Morgan fingerprint density at radius 1 is 1.03 bits per heavy atom. The molecule has 0 N–H and O–H groups in total. The predicted molar refractivity (Wildman–Crippen MR) is 149 cm³/mol. The standard InChI is InChI=1S/C28H35ClN6O/c1-5-36-19-25-31-27-26(20-7-6-8-22(17-20)34-14-12-33(4)13-15-34)30-24-18-21(29)9-10-23(24)28(27)35(25)16-11-32(2)3/h6-10,17-18H,5,11-16,19H2,1-4H3. The number of ether oxygens (including phenoxy) is 1. The fourth-order valence-corrected chi connectivity index (χ4v) is 5.03. The van der Waals surface area contributed by atoms with E-state index in [9.17, 15) is 0 Å². The van der Waals surface area contributed by atoms with Crippen LogP contribution < -0.4 is 4.90 Å². The van der Waals surface area contributed by atoms with Gasteiger partial charge in [-0.2, -0.15) is 0 Å². The molecule has 8 heteroatoms. The molecule has 2 aromatic carbocycles. The third-order valence-electron chi connectivity index (χ3n) is 6.91. The molecule has 1 saturated heterocycles. The first kappa shape index (κ1) is 25.0. The van der Waals surface area contributed by atoms with Gasteiger partial charge in [-0.1, -0.05) is 23.7 Å². The number of rotatable bonds is 8. The van der Waals surface area contributed by atoms with Crippen LogP contribution >= 0.6 is 11.6 Å². The predicted octanol–water partition coefficient (Wildman–Crippen LogP) is 4.75. The van der Waals surface area contributed by atoms with Crippen molar-refractivity contribution in [1.29, 1.82) is 0 Å². The van der Waals surface area contributed by atoms with Crippen LogP contribution in [0.4, 0.5) is 5.69 Å². The van der Waals surface area contributed by atoms with E-state index < -0.39 is 0 Å². The highest BCUT2D eigenvalue weighted by Crippen LogP contribution is 2.35. The molecule has 190 valence electrons. The van der Waals surface area contributed by atoms with E-state index in [-0.39, 0.29) is 0 Å². The highest BCUT2D eigenvalue weighted by Gasteiger charge is 2.21. The van der Waals surface area contributed by atoms with Crippen LogP contribution in [0, 0.1) is 0 Å². The summed E-state index contributed by atoms with van der Waals surface area (Å²) in [6, 6.07) is 14.7. The molecule has 0 amide bonds. The Kier molecular flexibility index (Phi) is 7.44. The van der Waals surface area contributed by atoms with Gasteiger partial charge in [0, 0.05) is 67.5 Å². The first-order chi connectivity index (χ1) is 17.4. The Labute approximate surface area is 218 Å². The maximum absolute atomic E-state index is 6.42. The van der Waals surface area contributed by atoms with Gasteiger partial charge in [-0.15, -0.1) is 0 Å². The van der Waals surface area contributed by atoms with Crippen molar-refractivity contribution in [2.75, 3.05) is 65.4 Å². The minimum atomic E-state index is 0.467. The average molecular weight is 507 g/mol. The molecule has 0 saturated carbocycles. The minimum Gasteiger partial charge on any atom is -0.374 e. The highest BCUT2D eigenvalue weighted by molar-refractivity contribution is 6.31. The van der Waals surface area contributed by atoms with Gasteiger partial charge in [-0.25, -0.2) is 9.97 Å². The summed E-state index contributed by atoms with van der Waals surface area (Å²) in [6.07, 6.45) is 0. The maximum Gasteiger partial charge on any atom is 0.136 e. The molecule has 0 spiro atoms. The molecule has 0 radical (unpaired) electrons.